The molecule has 376 valence electrons. The van der Waals surface area contributed by atoms with Crippen LogP contribution in [0.2, 0.25) is 0 Å². The fourth-order valence-corrected chi connectivity index (χ4v) is 7.96. The van der Waals surface area contributed by atoms with Crippen molar-refractivity contribution in [3.05, 3.63) is 191 Å². The molecule has 0 aromatic heterocycles. The van der Waals surface area contributed by atoms with Crippen LogP contribution in [-0.2, 0) is 51.1 Å². The second-order valence-corrected chi connectivity index (χ2v) is 17.4. The Morgan fingerprint density at radius 2 is 0.792 bits per heavy atom. The monoisotopic (exact) mass is 976 g/mol. The van der Waals surface area contributed by atoms with E-state index in [1.165, 1.54) is 37.2 Å². The molecule has 8 nitrogen and oxygen atoms in total. The minimum absolute atomic E-state index is 0.0353. The first-order valence-corrected chi connectivity index (χ1v) is 24.2. The van der Waals surface area contributed by atoms with Crippen molar-refractivity contribution in [2.75, 3.05) is 40.4 Å². The molecule has 0 N–H and O–H groups in total. The molecule has 0 bridgehead atoms. The average Bonchev–Trinajstić information content (AvgIpc) is 3.39. The van der Waals surface area contributed by atoms with E-state index in [4.69, 9.17) is 37.9 Å². The fourth-order valence-electron chi connectivity index (χ4n) is 7.96. The van der Waals surface area contributed by atoms with Gasteiger partial charge in [-0.3, -0.25) is 0 Å². The summed E-state index contributed by atoms with van der Waals surface area (Å²) in [6, 6.07) is 21.8. The molecule has 4 aromatic carbocycles. The second-order valence-electron chi connectivity index (χ2n) is 17.4. The number of hydrogen-bond donors (Lipinski definition) is 0. The molecule has 10 heteroatoms. The molecular formula is C62H66F2O8. The lowest BCUT2D eigenvalue weighted by molar-refractivity contribution is -0.0313. The van der Waals surface area contributed by atoms with Crippen LogP contribution in [0.4, 0.5) is 8.78 Å². The van der Waals surface area contributed by atoms with Crippen molar-refractivity contribution < 1.29 is 46.7 Å². The van der Waals surface area contributed by atoms with E-state index in [2.05, 4.69) is 85.8 Å². The average molecular weight is 977 g/mol. The van der Waals surface area contributed by atoms with Crippen molar-refractivity contribution in [2.45, 2.75) is 78.4 Å². The number of benzene rings is 4. The van der Waals surface area contributed by atoms with Gasteiger partial charge < -0.3 is 37.9 Å². The van der Waals surface area contributed by atoms with Gasteiger partial charge in [-0.05, 0) is 149 Å². The Labute approximate surface area is 426 Å². The maximum Gasteiger partial charge on any atom is 0.188 e. The van der Waals surface area contributed by atoms with Crippen LogP contribution in [0.15, 0.2) is 124 Å². The molecule has 0 spiro atoms. The number of ether oxygens (including phenoxy) is 8. The summed E-state index contributed by atoms with van der Waals surface area (Å²) in [5.41, 5.74) is 7.98. The summed E-state index contributed by atoms with van der Waals surface area (Å²) < 4.78 is 69.9. The maximum absolute atomic E-state index is 14.3. The standard InChI is InChI=1S/2C31H33FO4/c2*1-4-33-22-35-20-28-10-7-25(8-11-28)6-9-26-12-15-29(24(3)18-26)16-13-27-14-17-30(31(32)19-27)21-36-23-34-5-2/h2*4-5,12,14-15,17-19,25,28H,1-2,7-8,10-11,20-23H2,3H3. The van der Waals surface area contributed by atoms with Gasteiger partial charge in [0.15, 0.2) is 27.2 Å². The van der Waals surface area contributed by atoms with E-state index in [1.54, 1.807) is 24.3 Å². The van der Waals surface area contributed by atoms with Gasteiger partial charge >= 0.3 is 0 Å². The van der Waals surface area contributed by atoms with Crippen LogP contribution in [0.3, 0.4) is 0 Å². The van der Waals surface area contributed by atoms with E-state index in [-0.39, 0.29) is 52.0 Å². The molecule has 0 atom stereocenters. The van der Waals surface area contributed by atoms with E-state index < -0.39 is 0 Å². The summed E-state index contributed by atoms with van der Waals surface area (Å²) in [6.07, 6.45) is 14.2. The van der Waals surface area contributed by atoms with E-state index in [0.29, 0.717) is 45.9 Å². The minimum atomic E-state index is -0.356. The smallest absolute Gasteiger partial charge is 0.188 e. The van der Waals surface area contributed by atoms with E-state index in [0.717, 1.165) is 98.0 Å². The van der Waals surface area contributed by atoms with Crippen LogP contribution in [0.25, 0.3) is 0 Å². The van der Waals surface area contributed by atoms with Gasteiger partial charge in [0.05, 0.1) is 51.5 Å². The summed E-state index contributed by atoms with van der Waals surface area (Å²) in [7, 11) is 0. The van der Waals surface area contributed by atoms with E-state index in [9.17, 15) is 8.78 Å². The first-order valence-electron chi connectivity index (χ1n) is 24.2. The number of hydrogen-bond acceptors (Lipinski definition) is 8. The van der Waals surface area contributed by atoms with Gasteiger partial charge in [-0.1, -0.05) is 85.8 Å². The van der Waals surface area contributed by atoms with Gasteiger partial charge in [-0.15, -0.1) is 0 Å². The van der Waals surface area contributed by atoms with Gasteiger partial charge in [0.25, 0.3) is 0 Å². The molecule has 6 rings (SSSR count). The van der Waals surface area contributed by atoms with Gasteiger partial charge in [-0.25, -0.2) is 8.78 Å². The Kier molecular flexibility index (Phi) is 24.9. The third kappa shape index (κ3) is 20.4. The molecule has 2 aliphatic rings. The van der Waals surface area contributed by atoms with Crippen molar-refractivity contribution >= 4 is 0 Å². The molecule has 0 saturated heterocycles. The first kappa shape index (κ1) is 55.9. The minimum Gasteiger partial charge on any atom is -0.476 e. The van der Waals surface area contributed by atoms with Crippen LogP contribution in [0, 0.1) is 96.5 Å². The van der Waals surface area contributed by atoms with E-state index >= 15 is 0 Å². The summed E-state index contributed by atoms with van der Waals surface area (Å²) in [4.78, 5) is 0. The first-order chi connectivity index (χ1) is 35.2. The summed E-state index contributed by atoms with van der Waals surface area (Å²) in [5.74, 6) is 27.2. The number of aryl methyl sites for hydroxylation is 2. The highest BCUT2D eigenvalue weighted by Crippen LogP contribution is 2.30. The molecule has 72 heavy (non-hydrogen) atoms. The maximum atomic E-state index is 14.3. The molecule has 0 radical (unpaired) electrons. The van der Waals surface area contributed by atoms with Gasteiger partial charge in [-0.2, -0.15) is 0 Å². The van der Waals surface area contributed by atoms with Crippen molar-refractivity contribution in [1.29, 1.82) is 0 Å². The number of halogens is 2. The zero-order chi connectivity index (χ0) is 51.2. The van der Waals surface area contributed by atoms with Crippen LogP contribution in [0.1, 0.15) is 107 Å². The molecule has 0 heterocycles. The molecule has 0 amide bonds. The Hall–Kier alpha value is -7.02. The lowest BCUT2D eigenvalue weighted by atomic mass is 9.82. The normalized spacial score (nSPS) is 16.6. The predicted molar refractivity (Wildman–Crippen MR) is 278 cm³/mol. The van der Waals surface area contributed by atoms with Crippen LogP contribution >= 0.6 is 0 Å². The highest BCUT2D eigenvalue weighted by molar-refractivity contribution is 5.52. The fraction of sp³-hybridized carbons (Fsp3) is 0.355. The van der Waals surface area contributed by atoms with E-state index in [1.807, 2.05) is 38.1 Å². The van der Waals surface area contributed by atoms with Crippen molar-refractivity contribution in [2.24, 2.45) is 23.7 Å². The molecule has 0 aliphatic heterocycles. The highest BCUT2D eigenvalue weighted by Gasteiger charge is 2.21. The molecule has 0 unspecified atom stereocenters. The lowest BCUT2D eigenvalue weighted by Crippen LogP contribution is -2.18. The van der Waals surface area contributed by atoms with Crippen LogP contribution < -0.4 is 0 Å². The van der Waals surface area contributed by atoms with Crippen LogP contribution in [-0.4, -0.2) is 40.4 Å². The molecule has 2 aliphatic carbocycles. The summed E-state index contributed by atoms with van der Waals surface area (Å²) in [5, 5.41) is 0. The third-order valence-electron chi connectivity index (χ3n) is 12.1. The largest absolute Gasteiger partial charge is 0.476 e. The van der Waals surface area contributed by atoms with Gasteiger partial charge in [0.2, 0.25) is 0 Å². The zero-order valence-corrected chi connectivity index (χ0v) is 41.7. The van der Waals surface area contributed by atoms with Crippen molar-refractivity contribution in [3.63, 3.8) is 0 Å². The Bertz CT molecular complexity index is 2460. The quantitative estimate of drug-likeness (QED) is 0.0375. The van der Waals surface area contributed by atoms with Gasteiger partial charge in [0.1, 0.15) is 11.6 Å². The predicted octanol–water partition coefficient (Wildman–Crippen LogP) is 12.9. The Morgan fingerprint density at radius 1 is 0.444 bits per heavy atom. The van der Waals surface area contributed by atoms with Crippen LogP contribution in [0.5, 0.6) is 0 Å². The SMILES string of the molecule is C=COCOCc1ccc(C#Cc2ccc(C#CC3CCC(COCOC=C)CC3)cc2C)cc1F.C=COCOCc1ccc(C#Cc2ccc(C#CC3CCC(COCOC=C)CC3)cc2C)cc1F. The topological polar surface area (TPSA) is 73.8 Å². The number of rotatable bonds is 20. The summed E-state index contributed by atoms with van der Waals surface area (Å²) in [6.45, 7) is 20.2. The molecule has 4 aromatic rings. The lowest BCUT2D eigenvalue weighted by Gasteiger charge is -2.25. The third-order valence-corrected chi connectivity index (χ3v) is 12.1. The highest BCUT2D eigenvalue weighted by atomic mass is 19.1. The zero-order valence-electron chi connectivity index (χ0n) is 41.7. The second kappa shape index (κ2) is 32.1. The molecular weight excluding hydrogens is 911 g/mol. The summed E-state index contributed by atoms with van der Waals surface area (Å²) >= 11 is 0. The molecule has 2 saturated carbocycles. The van der Waals surface area contributed by atoms with Crippen molar-refractivity contribution in [3.8, 4) is 47.4 Å². The van der Waals surface area contributed by atoms with Crippen molar-refractivity contribution in [1.82, 2.24) is 0 Å². The Balaban J connectivity index is 0.000000267. The van der Waals surface area contributed by atoms with Gasteiger partial charge in [0, 0.05) is 56.3 Å². The molecule has 2 fully saturated rings. The Morgan fingerprint density at radius 3 is 1.14 bits per heavy atom.